The maximum Gasteiger partial charge on any atom is 0.433 e. The molecule has 0 bridgehead atoms. The molecular formula is C6H10F3O4P. The van der Waals surface area contributed by atoms with Crippen LogP contribution in [0.15, 0.2) is 0 Å². The minimum atomic E-state index is -5.04. The zero-order valence-corrected chi connectivity index (χ0v) is 8.52. The summed E-state index contributed by atoms with van der Waals surface area (Å²) in [6, 6.07) is -3.03. The molecule has 0 aromatic heterocycles. The van der Waals surface area contributed by atoms with Crippen LogP contribution in [0.5, 0.6) is 0 Å². The van der Waals surface area contributed by atoms with Crippen molar-refractivity contribution in [1.82, 2.24) is 0 Å². The maximum atomic E-state index is 12.7. The molecule has 0 heterocycles. The Morgan fingerprint density at radius 1 is 1.29 bits per heavy atom. The molecule has 0 spiro atoms. The fourth-order valence-corrected chi connectivity index (χ4v) is 1.94. The molecule has 0 aliphatic rings. The van der Waals surface area contributed by atoms with Crippen LogP contribution < -0.4 is 0 Å². The van der Waals surface area contributed by atoms with Crippen LogP contribution in [-0.2, 0) is 18.4 Å². The van der Waals surface area contributed by atoms with Gasteiger partial charge in [-0.3, -0.25) is 9.36 Å². The fraction of sp³-hybridized carbons (Fsp3) is 0.833. The molecule has 0 atom stereocenters. The lowest BCUT2D eigenvalue weighted by molar-refractivity contribution is -0.147. The molecular weight excluding hydrogens is 224 g/mol. The van der Waals surface area contributed by atoms with E-state index in [4.69, 9.17) is 0 Å². The van der Waals surface area contributed by atoms with Gasteiger partial charge in [0.2, 0.25) is 0 Å². The standard InChI is InChI=1S/C6H10F3O4P/c1-3-12-14(11,13-4-2)6(8,9)5(7)10/h3-4H2,1-2H3. The third-order valence-corrected chi connectivity index (χ3v) is 3.24. The number of hydrogen-bond donors (Lipinski definition) is 0. The van der Waals surface area contributed by atoms with Crippen molar-refractivity contribution in [3.63, 3.8) is 0 Å². The van der Waals surface area contributed by atoms with Crippen molar-refractivity contribution < 1.29 is 31.6 Å². The van der Waals surface area contributed by atoms with Gasteiger partial charge in [-0.2, -0.15) is 13.2 Å². The Morgan fingerprint density at radius 3 is 1.86 bits per heavy atom. The number of alkyl halides is 2. The molecule has 8 heteroatoms. The van der Waals surface area contributed by atoms with E-state index in [1.165, 1.54) is 13.8 Å². The zero-order valence-electron chi connectivity index (χ0n) is 7.63. The van der Waals surface area contributed by atoms with E-state index in [0.29, 0.717) is 0 Å². The first kappa shape index (κ1) is 13.6. The fourth-order valence-electron chi connectivity index (χ4n) is 0.647. The molecule has 0 aromatic carbocycles. The minimum absolute atomic E-state index is 0.375. The molecule has 0 amide bonds. The van der Waals surface area contributed by atoms with Crippen LogP contribution in [0.2, 0.25) is 0 Å². The molecule has 0 rings (SSSR count). The molecule has 0 fully saturated rings. The first-order valence-corrected chi connectivity index (χ1v) is 5.33. The molecule has 0 N–H and O–H groups in total. The number of carbonyl (C=O) groups is 1. The average Bonchev–Trinajstić information content (AvgIpc) is 2.04. The highest BCUT2D eigenvalue weighted by Crippen LogP contribution is 2.62. The second-order valence-corrected chi connectivity index (χ2v) is 4.22. The molecule has 0 saturated heterocycles. The third kappa shape index (κ3) is 2.56. The van der Waals surface area contributed by atoms with Crippen molar-refractivity contribution in [3.05, 3.63) is 0 Å². The van der Waals surface area contributed by atoms with Crippen molar-refractivity contribution >= 4 is 13.6 Å². The number of hydrogen-bond acceptors (Lipinski definition) is 4. The van der Waals surface area contributed by atoms with Gasteiger partial charge in [0, 0.05) is 0 Å². The van der Waals surface area contributed by atoms with Crippen LogP contribution in [0.4, 0.5) is 13.2 Å². The predicted octanol–water partition coefficient (Wildman–Crippen LogP) is 2.34. The summed E-state index contributed by atoms with van der Waals surface area (Å²) >= 11 is 0. The zero-order chi connectivity index (χ0) is 11.4. The van der Waals surface area contributed by atoms with Crippen molar-refractivity contribution in [2.24, 2.45) is 0 Å². The normalized spacial score (nSPS) is 12.9. The Hall–Kier alpha value is -0.390. The molecule has 0 radical (unpaired) electrons. The van der Waals surface area contributed by atoms with E-state index in [9.17, 15) is 22.5 Å². The molecule has 84 valence electrons. The third-order valence-electron chi connectivity index (χ3n) is 1.18. The van der Waals surface area contributed by atoms with E-state index in [0.717, 1.165) is 0 Å². The largest absolute Gasteiger partial charge is 0.433 e. The SMILES string of the molecule is CCOP(=O)(OCC)C(F)(F)C(=O)F. The lowest BCUT2D eigenvalue weighted by atomic mass is 10.8. The minimum Gasteiger partial charge on any atom is -0.304 e. The summed E-state index contributed by atoms with van der Waals surface area (Å²) in [5, 5.41) is 0. The summed E-state index contributed by atoms with van der Waals surface area (Å²) < 4.78 is 56.8. The van der Waals surface area contributed by atoms with Gasteiger partial charge in [0.05, 0.1) is 13.2 Å². The van der Waals surface area contributed by atoms with E-state index < -0.39 is 19.3 Å². The predicted molar refractivity (Wildman–Crippen MR) is 41.9 cm³/mol. The molecule has 0 aliphatic heterocycles. The smallest absolute Gasteiger partial charge is 0.304 e. The van der Waals surface area contributed by atoms with Gasteiger partial charge in [-0.15, -0.1) is 0 Å². The summed E-state index contributed by atoms with van der Waals surface area (Å²) in [5.41, 5.74) is -4.74. The van der Waals surface area contributed by atoms with E-state index >= 15 is 0 Å². The summed E-state index contributed by atoms with van der Waals surface area (Å²) in [6.07, 6.45) is 0. The van der Waals surface area contributed by atoms with Crippen LogP contribution in [0.1, 0.15) is 13.8 Å². The lowest BCUT2D eigenvalue weighted by Crippen LogP contribution is -2.27. The second-order valence-electron chi connectivity index (χ2n) is 2.15. The van der Waals surface area contributed by atoms with E-state index in [2.05, 4.69) is 9.05 Å². The summed E-state index contributed by atoms with van der Waals surface area (Å²) in [7, 11) is -5.04. The highest BCUT2D eigenvalue weighted by Gasteiger charge is 2.60. The van der Waals surface area contributed by atoms with Gasteiger partial charge in [0.15, 0.2) is 0 Å². The average molecular weight is 234 g/mol. The molecule has 0 unspecified atom stereocenters. The van der Waals surface area contributed by atoms with E-state index in [-0.39, 0.29) is 13.2 Å². The number of rotatable bonds is 6. The highest BCUT2D eigenvalue weighted by atomic mass is 31.2. The van der Waals surface area contributed by atoms with Gasteiger partial charge >= 0.3 is 19.3 Å². The first-order chi connectivity index (χ1) is 6.31. The number of halogens is 3. The van der Waals surface area contributed by atoms with Crippen molar-refractivity contribution in [1.29, 1.82) is 0 Å². The Balaban J connectivity index is 4.99. The Bertz CT molecular complexity index is 245. The van der Waals surface area contributed by atoms with Crippen LogP contribution in [-0.4, -0.2) is 24.9 Å². The first-order valence-electron chi connectivity index (χ1n) is 3.78. The molecule has 0 aromatic rings. The Labute approximate surface area is 78.9 Å². The summed E-state index contributed by atoms with van der Waals surface area (Å²) in [6.45, 7) is 1.79. The summed E-state index contributed by atoms with van der Waals surface area (Å²) in [4.78, 5) is 9.91. The van der Waals surface area contributed by atoms with Gasteiger partial charge in [-0.1, -0.05) is 0 Å². The Morgan fingerprint density at radius 2 is 1.64 bits per heavy atom. The van der Waals surface area contributed by atoms with Gasteiger partial charge in [0.25, 0.3) is 0 Å². The van der Waals surface area contributed by atoms with Crippen molar-refractivity contribution in [2.75, 3.05) is 13.2 Å². The van der Waals surface area contributed by atoms with Gasteiger partial charge in [0.1, 0.15) is 0 Å². The quantitative estimate of drug-likeness (QED) is 0.522. The number of carbonyl (C=O) groups excluding carboxylic acids is 1. The second kappa shape index (κ2) is 4.91. The molecule has 4 nitrogen and oxygen atoms in total. The van der Waals surface area contributed by atoms with Crippen LogP contribution in [0.25, 0.3) is 0 Å². The van der Waals surface area contributed by atoms with E-state index in [1.807, 2.05) is 0 Å². The van der Waals surface area contributed by atoms with Crippen LogP contribution in [0.3, 0.4) is 0 Å². The van der Waals surface area contributed by atoms with Gasteiger partial charge in [-0.05, 0) is 13.8 Å². The molecule has 0 saturated carbocycles. The highest BCUT2D eigenvalue weighted by molar-refractivity contribution is 7.56. The van der Waals surface area contributed by atoms with Crippen molar-refractivity contribution in [3.8, 4) is 0 Å². The topological polar surface area (TPSA) is 52.6 Å². The lowest BCUT2D eigenvalue weighted by Gasteiger charge is -2.21. The van der Waals surface area contributed by atoms with Gasteiger partial charge in [-0.25, -0.2) is 0 Å². The summed E-state index contributed by atoms with van der Waals surface area (Å²) in [5.74, 6) is 0. The van der Waals surface area contributed by atoms with Crippen molar-refractivity contribution in [2.45, 2.75) is 19.5 Å². The van der Waals surface area contributed by atoms with E-state index in [1.54, 1.807) is 0 Å². The van der Waals surface area contributed by atoms with Crippen LogP contribution in [0, 0.1) is 0 Å². The molecule has 0 aliphatic carbocycles. The van der Waals surface area contributed by atoms with Gasteiger partial charge < -0.3 is 9.05 Å². The molecule has 14 heavy (non-hydrogen) atoms. The maximum absolute atomic E-state index is 12.7. The van der Waals surface area contributed by atoms with Crippen LogP contribution >= 0.6 is 7.60 Å². The Kier molecular flexibility index (Phi) is 4.77. The monoisotopic (exact) mass is 234 g/mol.